The van der Waals surface area contributed by atoms with Gasteiger partial charge in [-0.1, -0.05) is 56.2 Å². The first-order chi connectivity index (χ1) is 19.9. The molecule has 13 heteroatoms. The molecule has 1 aromatic carbocycles. The number of hydrogen-bond acceptors (Lipinski definition) is 8. The molecule has 0 spiro atoms. The number of nitrogens with zero attached hydrogens (tertiary/aromatic N) is 6. The monoisotopic (exact) mass is 587 g/mol. The number of imidazole rings is 1. The molecule has 0 saturated carbocycles. The lowest BCUT2D eigenvalue weighted by Crippen LogP contribution is -2.23. The molecule has 42 heavy (non-hydrogen) atoms. The van der Waals surface area contributed by atoms with Crippen molar-refractivity contribution in [1.82, 2.24) is 40.2 Å². The normalized spacial score (nSPS) is 11.7. The molecule has 0 aliphatic carbocycles. The highest BCUT2D eigenvalue weighted by molar-refractivity contribution is 6.31. The number of carbonyl (C=O) groups excluding carboxylic acids is 2. The van der Waals surface area contributed by atoms with Gasteiger partial charge in [0, 0.05) is 41.0 Å². The molecule has 3 N–H and O–H groups in total. The van der Waals surface area contributed by atoms with Crippen LogP contribution in [-0.4, -0.2) is 46.7 Å². The Balaban J connectivity index is 1.40. The molecule has 0 radical (unpaired) electrons. The highest BCUT2D eigenvalue weighted by atomic mass is 35.5. The second-order valence-corrected chi connectivity index (χ2v) is 11.4. The second-order valence-electron chi connectivity index (χ2n) is 11.0. The topological polar surface area (TPSA) is 157 Å². The number of halogens is 1. The van der Waals surface area contributed by atoms with Gasteiger partial charge in [-0.05, 0) is 43.2 Å². The summed E-state index contributed by atoms with van der Waals surface area (Å²) in [7, 11) is 0. The third kappa shape index (κ3) is 5.79. The van der Waals surface area contributed by atoms with Crippen molar-refractivity contribution in [3.63, 3.8) is 0 Å². The Hall–Kier alpha value is -4.84. The van der Waals surface area contributed by atoms with Gasteiger partial charge < -0.3 is 20.1 Å². The van der Waals surface area contributed by atoms with Crippen molar-refractivity contribution in [1.29, 1.82) is 0 Å². The van der Waals surface area contributed by atoms with Crippen LogP contribution in [0.25, 0.3) is 33.8 Å². The largest absolute Gasteiger partial charge is 0.344 e. The first-order valence-electron chi connectivity index (χ1n) is 13.2. The van der Waals surface area contributed by atoms with E-state index < -0.39 is 5.91 Å². The number of aromatic nitrogens is 7. The van der Waals surface area contributed by atoms with E-state index >= 15 is 0 Å². The van der Waals surface area contributed by atoms with Crippen LogP contribution in [0.5, 0.6) is 0 Å². The van der Waals surface area contributed by atoms with Crippen molar-refractivity contribution in [3.05, 3.63) is 71.6 Å². The van der Waals surface area contributed by atoms with Crippen molar-refractivity contribution in [2.24, 2.45) is 0 Å². The minimum atomic E-state index is -0.485. The maximum Gasteiger partial charge on any atom is 0.315 e. The van der Waals surface area contributed by atoms with Gasteiger partial charge in [-0.2, -0.15) is 10.1 Å². The lowest BCUT2D eigenvalue weighted by molar-refractivity contribution is -0.111. The smallest absolute Gasteiger partial charge is 0.315 e. The van der Waals surface area contributed by atoms with E-state index in [0.29, 0.717) is 44.8 Å². The van der Waals surface area contributed by atoms with E-state index in [1.807, 2.05) is 52.8 Å². The molecule has 0 aliphatic rings. The second kappa shape index (κ2) is 11.2. The fourth-order valence-corrected chi connectivity index (χ4v) is 4.34. The van der Waals surface area contributed by atoms with Gasteiger partial charge in [0.25, 0.3) is 0 Å². The molecular weight excluding hydrogens is 558 g/mol. The summed E-state index contributed by atoms with van der Waals surface area (Å²) in [6, 6.07) is 7.44. The molecule has 216 valence electrons. The fourth-order valence-electron chi connectivity index (χ4n) is 4.09. The predicted octanol–water partition coefficient (Wildman–Crippen LogP) is 5.46. The number of H-pyrrole nitrogens is 1. The highest BCUT2D eigenvalue weighted by Gasteiger charge is 2.24. The van der Waals surface area contributed by atoms with E-state index in [4.69, 9.17) is 21.1 Å². The standard InChI is InChI=1S/C29H30ClN9O3/c1-7-21(40)33-20-14-39(15(2)3)37-23(20)25-34-22-18(10-11-31-24(22)35-25)16-8-9-17(19(30)12-16)13-32-26(41)27-36-28(38-42-27)29(4,5)6/h7-12,14-15H,1,13H2,2-6H3,(H,32,41)(H,33,40)(H,31,34,35). The minimum absolute atomic E-state index is 0.0645. The number of anilines is 1. The summed E-state index contributed by atoms with van der Waals surface area (Å²) in [6.45, 7) is 13.5. The summed E-state index contributed by atoms with van der Waals surface area (Å²) in [4.78, 5) is 41.2. The average molecular weight is 588 g/mol. The van der Waals surface area contributed by atoms with Gasteiger partial charge in [-0.3, -0.25) is 14.3 Å². The molecule has 0 bridgehead atoms. The molecular formula is C29H30ClN9O3. The van der Waals surface area contributed by atoms with Gasteiger partial charge in [0.2, 0.25) is 5.91 Å². The van der Waals surface area contributed by atoms with Crippen molar-refractivity contribution >= 4 is 40.3 Å². The summed E-state index contributed by atoms with van der Waals surface area (Å²) >= 11 is 6.63. The highest BCUT2D eigenvalue weighted by Crippen LogP contribution is 2.33. The Bertz CT molecular complexity index is 1810. The molecule has 2 amide bonds. The van der Waals surface area contributed by atoms with Crippen LogP contribution in [0.1, 0.15) is 62.7 Å². The quantitative estimate of drug-likeness (QED) is 0.202. The zero-order valence-corrected chi connectivity index (χ0v) is 24.6. The van der Waals surface area contributed by atoms with Gasteiger partial charge >= 0.3 is 11.8 Å². The molecule has 0 unspecified atom stereocenters. The Labute approximate surface area is 246 Å². The van der Waals surface area contributed by atoms with Gasteiger partial charge in [0.05, 0.1) is 5.69 Å². The van der Waals surface area contributed by atoms with E-state index in [0.717, 1.165) is 11.1 Å². The molecule has 4 aromatic heterocycles. The summed E-state index contributed by atoms with van der Waals surface area (Å²) < 4.78 is 6.86. The van der Waals surface area contributed by atoms with E-state index in [2.05, 4.69) is 42.4 Å². The van der Waals surface area contributed by atoms with E-state index in [1.54, 1.807) is 23.1 Å². The molecule has 0 fully saturated rings. The number of fused-ring (bicyclic) bond motifs is 1. The van der Waals surface area contributed by atoms with Gasteiger partial charge in [0.1, 0.15) is 5.52 Å². The molecule has 12 nitrogen and oxygen atoms in total. The molecule has 0 atom stereocenters. The predicted molar refractivity (Wildman–Crippen MR) is 159 cm³/mol. The summed E-state index contributed by atoms with van der Waals surface area (Å²) in [6.07, 6.45) is 4.62. The van der Waals surface area contributed by atoms with E-state index in [1.165, 1.54) is 6.08 Å². The SMILES string of the molecule is C=CC(=O)Nc1cn(C(C)C)nc1-c1nc2c(-c3ccc(CNC(=O)c4nc(C(C)(C)C)no4)c(Cl)c3)ccnc2[nH]1. The third-order valence-corrected chi connectivity index (χ3v) is 6.76. The fraction of sp³-hybridized carbons (Fsp3) is 0.276. The van der Waals surface area contributed by atoms with Crippen molar-refractivity contribution in [2.75, 3.05) is 5.32 Å². The first kappa shape index (κ1) is 28.7. The van der Waals surface area contributed by atoms with Crippen LogP contribution in [0, 0.1) is 0 Å². The van der Waals surface area contributed by atoms with Crippen LogP contribution < -0.4 is 10.6 Å². The van der Waals surface area contributed by atoms with Crippen molar-refractivity contribution in [2.45, 2.75) is 52.6 Å². The summed E-state index contributed by atoms with van der Waals surface area (Å²) in [5.74, 6) is -0.0450. The van der Waals surface area contributed by atoms with Gasteiger partial charge in [-0.15, -0.1) is 0 Å². The first-order valence-corrected chi connectivity index (χ1v) is 13.6. The molecule has 4 heterocycles. The minimum Gasteiger partial charge on any atom is -0.344 e. The van der Waals surface area contributed by atoms with Gasteiger partial charge in [0.15, 0.2) is 23.0 Å². The summed E-state index contributed by atoms with van der Waals surface area (Å²) in [5, 5.41) is 14.5. The zero-order chi connectivity index (χ0) is 30.2. The lowest BCUT2D eigenvalue weighted by atomic mass is 9.96. The number of amides is 2. The van der Waals surface area contributed by atoms with Crippen LogP contribution >= 0.6 is 11.6 Å². The number of pyridine rings is 1. The number of aromatic amines is 1. The third-order valence-electron chi connectivity index (χ3n) is 6.41. The van der Waals surface area contributed by atoms with Crippen LogP contribution in [0.15, 0.2) is 53.8 Å². The molecule has 5 aromatic rings. The Morgan fingerprint density at radius 2 is 2.00 bits per heavy atom. The van der Waals surface area contributed by atoms with Crippen LogP contribution in [0.2, 0.25) is 5.02 Å². The summed E-state index contributed by atoms with van der Waals surface area (Å²) in [5.41, 5.74) is 4.09. The Morgan fingerprint density at radius 1 is 1.21 bits per heavy atom. The number of rotatable bonds is 8. The zero-order valence-electron chi connectivity index (χ0n) is 23.8. The lowest BCUT2D eigenvalue weighted by Gasteiger charge is -2.10. The molecule has 0 aliphatic heterocycles. The van der Waals surface area contributed by atoms with Crippen LogP contribution in [0.4, 0.5) is 5.69 Å². The Kier molecular flexibility index (Phi) is 7.65. The number of benzene rings is 1. The maximum atomic E-state index is 12.6. The van der Waals surface area contributed by atoms with E-state index in [-0.39, 0.29) is 29.8 Å². The maximum absolute atomic E-state index is 12.6. The van der Waals surface area contributed by atoms with Crippen LogP contribution in [-0.2, 0) is 16.8 Å². The molecule has 0 saturated heterocycles. The molecule has 5 rings (SSSR count). The van der Waals surface area contributed by atoms with Crippen molar-refractivity contribution in [3.8, 4) is 22.6 Å². The number of hydrogen-bond donors (Lipinski definition) is 3. The van der Waals surface area contributed by atoms with Crippen molar-refractivity contribution < 1.29 is 14.1 Å². The van der Waals surface area contributed by atoms with Crippen LogP contribution in [0.3, 0.4) is 0 Å². The Morgan fingerprint density at radius 3 is 2.67 bits per heavy atom. The number of nitrogens with one attached hydrogen (secondary N) is 3. The van der Waals surface area contributed by atoms with E-state index in [9.17, 15) is 9.59 Å². The average Bonchev–Trinajstić information content (AvgIpc) is 3.70. The number of carbonyl (C=O) groups is 2. The van der Waals surface area contributed by atoms with Gasteiger partial charge in [-0.25, -0.2) is 9.97 Å².